The molecule has 0 unspecified atom stereocenters. The number of pyridine rings is 1. The zero-order valence-electron chi connectivity index (χ0n) is 11.7. The topological polar surface area (TPSA) is 54.0 Å². The predicted octanol–water partition coefficient (Wildman–Crippen LogP) is 2.18. The summed E-state index contributed by atoms with van der Waals surface area (Å²) in [6.07, 6.45) is 4.27. The van der Waals surface area contributed by atoms with Crippen LogP contribution >= 0.6 is 11.6 Å². The number of carbonyl (C=O) groups excluding carboxylic acids is 1. The molecule has 0 saturated carbocycles. The fourth-order valence-electron chi connectivity index (χ4n) is 1.89. The Hall–Kier alpha value is -1.91. The van der Waals surface area contributed by atoms with E-state index < -0.39 is 0 Å². The standard InChI is InChI=1S/C16H18ClN3O/c17-15-3-1-2-13(10-15)4-9-19-12-16(21)20-11-14-5-7-18-8-6-14/h1-3,5-8,10,19H,4,9,11-12H2,(H,20,21). The van der Waals surface area contributed by atoms with Gasteiger partial charge in [-0.2, -0.15) is 0 Å². The highest BCUT2D eigenvalue weighted by Crippen LogP contribution is 2.10. The summed E-state index contributed by atoms with van der Waals surface area (Å²) in [5.74, 6) is -0.0158. The number of amides is 1. The van der Waals surface area contributed by atoms with E-state index in [2.05, 4.69) is 15.6 Å². The van der Waals surface area contributed by atoms with E-state index in [0.717, 1.165) is 29.1 Å². The van der Waals surface area contributed by atoms with Gasteiger partial charge in [-0.25, -0.2) is 0 Å². The fourth-order valence-corrected chi connectivity index (χ4v) is 2.10. The van der Waals surface area contributed by atoms with E-state index in [1.807, 2.05) is 36.4 Å². The zero-order chi connectivity index (χ0) is 14.9. The van der Waals surface area contributed by atoms with Gasteiger partial charge >= 0.3 is 0 Å². The van der Waals surface area contributed by atoms with E-state index in [4.69, 9.17) is 11.6 Å². The lowest BCUT2D eigenvalue weighted by atomic mass is 10.1. The van der Waals surface area contributed by atoms with Gasteiger partial charge in [0.2, 0.25) is 5.91 Å². The molecule has 0 aliphatic carbocycles. The highest BCUT2D eigenvalue weighted by Gasteiger charge is 2.01. The normalized spacial score (nSPS) is 10.3. The molecule has 0 saturated heterocycles. The Morgan fingerprint density at radius 1 is 1.14 bits per heavy atom. The van der Waals surface area contributed by atoms with Crippen molar-refractivity contribution in [3.8, 4) is 0 Å². The van der Waals surface area contributed by atoms with Crippen LogP contribution in [0.1, 0.15) is 11.1 Å². The minimum absolute atomic E-state index is 0.0158. The SMILES string of the molecule is O=C(CNCCc1cccc(Cl)c1)NCc1ccncc1. The van der Waals surface area contributed by atoms with Crippen LogP contribution in [0.15, 0.2) is 48.8 Å². The third kappa shape index (κ3) is 5.94. The van der Waals surface area contributed by atoms with E-state index in [1.165, 1.54) is 0 Å². The average molecular weight is 304 g/mol. The summed E-state index contributed by atoms with van der Waals surface area (Å²) in [6.45, 7) is 1.58. The average Bonchev–Trinajstić information content (AvgIpc) is 2.51. The van der Waals surface area contributed by atoms with E-state index in [1.54, 1.807) is 12.4 Å². The lowest BCUT2D eigenvalue weighted by Crippen LogP contribution is -2.34. The van der Waals surface area contributed by atoms with Gasteiger partial charge in [0, 0.05) is 24.0 Å². The molecule has 0 aliphatic heterocycles. The van der Waals surface area contributed by atoms with E-state index in [-0.39, 0.29) is 5.91 Å². The van der Waals surface area contributed by atoms with Crippen molar-refractivity contribution in [2.75, 3.05) is 13.1 Å². The Kier molecular flexibility index (Phi) is 6.19. The molecule has 0 bridgehead atoms. The van der Waals surface area contributed by atoms with Crippen molar-refractivity contribution < 1.29 is 4.79 Å². The summed E-state index contributed by atoms with van der Waals surface area (Å²) in [5.41, 5.74) is 2.20. The number of hydrogen-bond donors (Lipinski definition) is 2. The van der Waals surface area contributed by atoms with Crippen LogP contribution in [0.25, 0.3) is 0 Å². The van der Waals surface area contributed by atoms with Crippen molar-refractivity contribution in [3.63, 3.8) is 0 Å². The van der Waals surface area contributed by atoms with Gasteiger partial charge in [-0.05, 0) is 48.4 Å². The second kappa shape index (κ2) is 8.39. The van der Waals surface area contributed by atoms with Gasteiger partial charge in [-0.15, -0.1) is 0 Å². The Balaban J connectivity index is 1.61. The van der Waals surface area contributed by atoms with Crippen LogP contribution in [-0.2, 0) is 17.8 Å². The molecule has 110 valence electrons. The molecule has 0 fully saturated rings. The fraction of sp³-hybridized carbons (Fsp3) is 0.250. The number of nitrogens with one attached hydrogen (secondary N) is 2. The van der Waals surface area contributed by atoms with Crippen molar-refractivity contribution in [1.29, 1.82) is 0 Å². The van der Waals surface area contributed by atoms with Gasteiger partial charge < -0.3 is 10.6 Å². The highest BCUT2D eigenvalue weighted by molar-refractivity contribution is 6.30. The second-order valence-corrected chi connectivity index (χ2v) is 5.13. The minimum Gasteiger partial charge on any atom is -0.351 e. The highest BCUT2D eigenvalue weighted by atomic mass is 35.5. The molecule has 2 aromatic rings. The maximum absolute atomic E-state index is 11.7. The molecule has 1 aromatic carbocycles. The van der Waals surface area contributed by atoms with Crippen LogP contribution in [0.5, 0.6) is 0 Å². The molecule has 21 heavy (non-hydrogen) atoms. The van der Waals surface area contributed by atoms with Crippen LogP contribution in [0.3, 0.4) is 0 Å². The second-order valence-electron chi connectivity index (χ2n) is 4.69. The summed E-state index contributed by atoms with van der Waals surface area (Å²) < 4.78 is 0. The van der Waals surface area contributed by atoms with Gasteiger partial charge in [0.05, 0.1) is 6.54 Å². The van der Waals surface area contributed by atoms with Crippen LogP contribution in [-0.4, -0.2) is 24.0 Å². The molecule has 2 N–H and O–H groups in total. The lowest BCUT2D eigenvalue weighted by Gasteiger charge is -2.07. The Morgan fingerprint density at radius 2 is 1.95 bits per heavy atom. The molecular formula is C16H18ClN3O. The molecule has 1 amide bonds. The maximum Gasteiger partial charge on any atom is 0.234 e. The summed E-state index contributed by atoms with van der Waals surface area (Å²) in [5, 5.41) is 6.72. The number of carbonyl (C=O) groups is 1. The van der Waals surface area contributed by atoms with Crippen LogP contribution in [0.2, 0.25) is 5.02 Å². The predicted molar refractivity (Wildman–Crippen MR) is 84.1 cm³/mol. The molecular weight excluding hydrogens is 286 g/mol. The van der Waals surface area contributed by atoms with Crippen molar-refractivity contribution in [2.45, 2.75) is 13.0 Å². The Bertz CT molecular complexity index is 575. The summed E-state index contributed by atoms with van der Waals surface area (Å²) >= 11 is 5.92. The summed E-state index contributed by atoms with van der Waals surface area (Å²) in [4.78, 5) is 15.6. The zero-order valence-corrected chi connectivity index (χ0v) is 12.4. The monoisotopic (exact) mass is 303 g/mol. The number of nitrogens with zero attached hydrogens (tertiary/aromatic N) is 1. The molecule has 5 heteroatoms. The largest absolute Gasteiger partial charge is 0.351 e. The third-order valence-electron chi connectivity index (χ3n) is 3.00. The van der Waals surface area contributed by atoms with E-state index >= 15 is 0 Å². The summed E-state index contributed by atoms with van der Waals surface area (Å²) in [7, 11) is 0. The number of rotatable bonds is 7. The summed E-state index contributed by atoms with van der Waals surface area (Å²) in [6, 6.07) is 11.5. The van der Waals surface area contributed by atoms with Crippen LogP contribution in [0, 0.1) is 0 Å². The molecule has 4 nitrogen and oxygen atoms in total. The number of benzene rings is 1. The van der Waals surface area contributed by atoms with Crippen molar-refractivity contribution in [3.05, 3.63) is 64.9 Å². The number of hydrogen-bond acceptors (Lipinski definition) is 3. The Morgan fingerprint density at radius 3 is 2.71 bits per heavy atom. The van der Waals surface area contributed by atoms with Crippen molar-refractivity contribution in [1.82, 2.24) is 15.6 Å². The van der Waals surface area contributed by atoms with Gasteiger partial charge in [-0.3, -0.25) is 9.78 Å². The third-order valence-corrected chi connectivity index (χ3v) is 3.24. The molecule has 0 spiro atoms. The smallest absolute Gasteiger partial charge is 0.234 e. The minimum atomic E-state index is -0.0158. The van der Waals surface area contributed by atoms with Gasteiger partial charge in [0.25, 0.3) is 0 Å². The van der Waals surface area contributed by atoms with Gasteiger partial charge in [-0.1, -0.05) is 23.7 Å². The van der Waals surface area contributed by atoms with Gasteiger partial charge in [0.15, 0.2) is 0 Å². The first-order chi connectivity index (χ1) is 10.2. The van der Waals surface area contributed by atoms with E-state index in [9.17, 15) is 4.79 Å². The molecule has 1 heterocycles. The molecule has 0 aliphatic rings. The first-order valence-corrected chi connectivity index (χ1v) is 7.22. The molecule has 1 aromatic heterocycles. The quantitative estimate of drug-likeness (QED) is 0.771. The molecule has 2 rings (SSSR count). The maximum atomic E-state index is 11.7. The number of halogens is 1. The molecule has 0 atom stereocenters. The van der Waals surface area contributed by atoms with Gasteiger partial charge in [0.1, 0.15) is 0 Å². The van der Waals surface area contributed by atoms with Crippen LogP contribution < -0.4 is 10.6 Å². The Labute approximate surface area is 129 Å². The number of aromatic nitrogens is 1. The van der Waals surface area contributed by atoms with Crippen molar-refractivity contribution in [2.24, 2.45) is 0 Å². The lowest BCUT2D eigenvalue weighted by molar-refractivity contribution is -0.120. The first kappa shape index (κ1) is 15.5. The van der Waals surface area contributed by atoms with Crippen molar-refractivity contribution >= 4 is 17.5 Å². The first-order valence-electron chi connectivity index (χ1n) is 6.85. The van der Waals surface area contributed by atoms with E-state index in [0.29, 0.717) is 13.1 Å². The van der Waals surface area contributed by atoms with Crippen LogP contribution in [0.4, 0.5) is 0 Å². The molecule has 0 radical (unpaired) electrons.